The molecule has 0 saturated carbocycles. The number of hydrogen-bond donors (Lipinski definition) is 0. The van der Waals surface area contributed by atoms with Gasteiger partial charge >= 0.3 is 0 Å². The fourth-order valence-corrected chi connectivity index (χ4v) is 1.80. The lowest BCUT2D eigenvalue weighted by Gasteiger charge is -2.24. The van der Waals surface area contributed by atoms with Crippen LogP contribution >= 0.6 is 0 Å². The first-order chi connectivity index (χ1) is 6.43. The monoisotopic (exact) mass is 181 g/mol. The van der Waals surface area contributed by atoms with Gasteiger partial charge in [-0.25, -0.2) is 0 Å². The van der Waals surface area contributed by atoms with Gasteiger partial charge in [0.2, 0.25) is 0 Å². The Morgan fingerprint density at radius 1 is 1.08 bits per heavy atom. The highest BCUT2D eigenvalue weighted by Gasteiger charge is 2.04. The van der Waals surface area contributed by atoms with Crippen LogP contribution in [0.2, 0.25) is 0 Å². The molecule has 0 aromatic heterocycles. The number of likely N-dealkylation sites (tertiary alicyclic amines) is 1. The Morgan fingerprint density at radius 2 is 1.85 bits per heavy atom. The minimum absolute atomic E-state index is 1.27. The lowest BCUT2D eigenvalue weighted by molar-refractivity contribution is 0.308. The normalized spacial score (nSPS) is 18.4. The smallest absolute Gasteiger partial charge is 0.0172 e. The highest BCUT2D eigenvalue weighted by Crippen LogP contribution is 2.09. The maximum absolute atomic E-state index is 2.47. The molecule has 0 aliphatic carbocycles. The van der Waals surface area contributed by atoms with Gasteiger partial charge in [0.15, 0.2) is 0 Å². The standard InChI is InChI=1S/C12H23N/c1-2-3-4-5-7-10-13-11-8-6-9-12-13/h7,10H,2-6,8-9,11-12H2,1H3/b10-7+. The first-order valence-corrected chi connectivity index (χ1v) is 5.84. The molecule has 0 N–H and O–H groups in total. The van der Waals surface area contributed by atoms with E-state index in [-0.39, 0.29) is 0 Å². The minimum atomic E-state index is 1.27. The van der Waals surface area contributed by atoms with E-state index >= 15 is 0 Å². The third-order valence-electron chi connectivity index (χ3n) is 2.68. The lowest BCUT2D eigenvalue weighted by Crippen LogP contribution is -2.23. The molecule has 1 fully saturated rings. The summed E-state index contributed by atoms with van der Waals surface area (Å²) in [5, 5.41) is 0. The van der Waals surface area contributed by atoms with Gasteiger partial charge in [-0.2, -0.15) is 0 Å². The fourth-order valence-electron chi connectivity index (χ4n) is 1.80. The molecule has 1 rings (SSSR count). The molecule has 0 spiro atoms. The average molecular weight is 181 g/mol. The third-order valence-corrected chi connectivity index (χ3v) is 2.68. The van der Waals surface area contributed by atoms with Crippen molar-refractivity contribution in [2.24, 2.45) is 0 Å². The first kappa shape index (κ1) is 10.6. The Hall–Kier alpha value is -0.460. The van der Waals surface area contributed by atoms with Crippen molar-refractivity contribution in [3.05, 3.63) is 12.3 Å². The van der Waals surface area contributed by atoms with Crippen LogP contribution in [0.3, 0.4) is 0 Å². The zero-order valence-corrected chi connectivity index (χ0v) is 8.97. The van der Waals surface area contributed by atoms with Crippen LogP contribution in [0, 0.1) is 0 Å². The van der Waals surface area contributed by atoms with E-state index in [1.165, 1.54) is 58.0 Å². The van der Waals surface area contributed by atoms with E-state index in [1.54, 1.807) is 0 Å². The van der Waals surface area contributed by atoms with Crippen molar-refractivity contribution in [2.75, 3.05) is 13.1 Å². The molecule has 0 radical (unpaired) electrons. The molecule has 0 amide bonds. The number of rotatable bonds is 5. The molecular weight excluding hydrogens is 158 g/mol. The van der Waals surface area contributed by atoms with Crippen LogP contribution in [0.5, 0.6) is 0 Å². The molecule has 0 atom stereocenters. The number of nitrogens with zero attached hydrogens (tertiary/aromatic N) is 1. The van der Waals surface area contributed by atoms with Crippen LogP contribution in [-0.2, 0) is 0 Å². The van der Waals surface area contributed by atoms with Gasteiger partial charge < -0.3 is 4.90 Å². The SMILES string of the molecule is CCCCC/C=C/N1CCCCC1. The van der Waals surface area contributed by atoms with Gasteiger partial charge in [0.05, 0.1) is 0 Å². The van der Waals surface area contributed by atoms with Crippen molar-refractivity contribution in [1.82, 2.24) is 4.90 Å². The van der Waals surface area contributed by atoms with Crippen LogP contribution in [0.1, 0.15) is 51.9 Å². The van der Waals surface area contributed by atoms with E-state index in [0.29, 0.717) is 0 Å². The summed E-state index contributed by atoms with van der Waals surface area (Å²) in [5.41, 5.74) is 0. The topological polar surface area (TPSA) is 3.24 Å². The summed E-state index contributed by atoms with van der Waals surface area (Å²) < 4.78 is 0. The molecule has 1 aliphatic rings. The van der Waals surface area contributed by atoms with E-state index in [4.69, 9.17) is 0 Å². The quantitative estimate of drug-likeness (QED) is 0.586. The van der Waals surface area contributed by atoms with Crippen molar-refractivity contribution in [3.63, 3.8) is 0 Å². The Bertz CT molecular complexity index is 134. The van der Waals surface area contributed by atoms with Gasteiger partial charge in [-0.15, -0.1) is 0 Å². The van der Waals surface area contributed by atoms with Crippen molar-refractivity contribution in [1.29, 1.82) is 0 Å². The Morgan fingerprint density at radius 3 is 2.54 bits per heavy atom. The van der Waals surface area contributed by atoms with E-state index in [9.17, 15) is 0 Å². The molecule has 0 bridgehead atoms. The molecule has 1 saturated heterocycles. The minimum Gasteiger partial charge on any atom is -0.378 e. The molecule has 0 aromatic carbocycles. The van der Waals surface area contributed by atoms with Gasteiger partial charge in [0, 0.05) is 13.1 Å². The summed E-state index contributed by atoms with van der Waals surface area (Å²) in [6, 6.07) is 0. The van der Waals surface area contributed by atoms with Crippen molar-refractivity contribution < 1.29 is 0 Å². The fraction of sp³-hybridized carbons (Fsp3) is 0.833. The van der Waals surface area contributed by atoms with E-state index in [2.05, 4.69) is 24.1 Å². The van der Waals surface area contributed by atoms with Gasteiger partial charge in [-0.3, -0.25) is 0 Å². The molecule has 1 aliphatic heterocycles. The van der Waals surface area contributed by atoms with Crippen LogP contribution < -0.4 is 0 Å². The predicted octanol–water partition coefficient (Wildman–Crippen LogP) is 3.57. The van der Waals surface area contributed by atoms with Crippen LogP contribution in [0.15, 0.2) is 12.3 Å². The first-order valence-electron chi connectivity index (χ1n) is 5.84. The second-order valence-corrected chi connectivity index (χ2v) is 3.98. The van der Waals surface area contributed by atoms with E-state index in [1.807, 2.05) is 0 Å². The summed E-state index contributed by atoms with van der Waals surface area (Å²) in [5.74, 6) is 0. The van der Waals surface area contributed by atoms with Gasteiger partial charge in [0.25, 0.3) is 0 Å². The largest absolute Gasteiger partial charge is 0.378 e. The molecule has 1 heteroatoms. The maximum atomic E-state index is 2.47. The van der Waals surface area contributed by atoms with Crippen molar-refractivity contribution in [3.8, 4) is 0 Å². The molecule has 13 heavy (non-hydrogen) atoms. The summed E-state index contributed by atoms with van der Waals surface area (Å²) in [6.07, 6.45) is 14.2. The summed E-state index contributed by atoms with van der Waals surface area (Å²) in [7, 11) is 0. The Balaban J connectivity index is 2.01. The predicted molar refractivity (Wildman–Crippen MR) is 58.7 cm³/mol. The molecule has 1 heterocycles. The highest BCUT2D eigenvalue weighted by atomic mass is 15.1. The van der Waals surface area contributed by atoms with Gasteiger partial charge in [0.1, 0.15) is 0 Å². The highest BCUT2D eigenvalue weighted by molar-refractivity contribution is 4.83. The summed E-state index contributed by atoms with van der Waals surface area (Å²) in [6.45, 7) is 4.82. The molecule has 1 nitrogen and oxygen atoms in total. The van der Waals surface area contributed by atoms with Gasteiger partial charge in [-0.1, -0.05) is 25.8 Å². The summed E-state index contributed by atoms with van der Waals surface area (Å²) >= 11 is 0. The summed E-state index contributed by atoms with van der Waals surface area (Å²) in [4.78, 5) is 2.47. The van der Waals surface area contributed by atoms with Crippen LogP contribution in [-0.4, -0.2) is 18.0 Å². The zero-order chi connectivity index (χ0) is 9.36. The maximum Gasteiger partial charge on any atom is 0.0172 e. The Kier molecular flexibility index (Phi) is 5.71. The number of piperidine rings is 1. The molecule has 0 unspecified atom stereocenters. The third kappa shape index (κ3) is 4.97. The zero-order valence-electron chi connectivity index (χ0n) is 8.97. The van der Waals surface area contributed by atoms with Crippen molar-refractivity contribution in [2.45, 2.75) is 51.9 Å². The van der Waals surface area contributed by atoms with Gasteiger partial charge in [-0.05, 0) is 38.3 Å². The number of hydrogen-bond acceptors (Lipinski definition) is 1. The number of allylic oxidation sites excluding steroid dienone is 1. The van der Waals surface area contributed by atoms with Crippen LogP contribution in [0.4, 0.5) is 0 Å². The second kappa shape index (κ2) is 6.99. The van der Waals surface area contributed by atoms with Crippen LogP contribution in [0.25, 0.3) is 0 Å². The molecular formula is C12H23N. The molecule has 76 valence electrons. The molecule has 0 aromatic rings. The lowest BCUT2D eigenvalue weighted by atomic mass is 10.1. The van der Waals surface area contributed by atoms with E-state index in [0.717, 1.165) is 0 Å². The van der Waals surface area contributed by atoms with E-state index < -0.39 is 0 Å². The second-order valence-electron chi connectivity index (χ2n) is 3.98. The number of unbranched alkanes of at least 4 members (excludes halogenated alkanes) is 3. The Labute approximate surface area is 82.8 Å². The van der Waals surface area contributed by atoms with Crippen molar-refractivity contribution >= 4 is 0 Å². The average Bonchev–Trinajstić information content (AvgIpc) is 2.19.